The number of benzene rings is 2. The maximum Gasteiger partial charge on any atom is 0.586 e. The first-order valence-corrected chi connectivity index (χ1v) is 7.64. The van der Waals surface area contributed by atoms with Crippen LogP contribution in [0.2, 0.25) is 0 Å². The maximum absolute atomic E-state index is 13.0. The number of rotatable bonds is 5. The van der Waals surface area contributed by atoms with E-state index in [0.717, 1.165) is 0 Å². The molecule has 9 heteroatoms. The normalized spacial score (nSPS) is 14.3. The van der Waals surface area contributed by atoms with Gasteiger partial charge in [-0.15, -0.1) is 8.78 Å². The van der Waals surface area contributed by atoms with Crippen LogP contribution in [-0.2, 0) is 6.54 Å². The van der Waals surface area contributed by atoms with E-state index in [0.29, 0.717) is 28.7 Å². The molecule has 3 aromatic rings. The summed E-state index contributed by atoms with van der Waals surface area (Å²) in [6.07, 6.45) is -3.64. The zero-order valence-corrected chi connectivity index (χ0v) is 13.5. The number of nitrogens with one attached hydrogen (secondary N) is 1. The van der Waals surface area contributed by atoms with Gasteiger partial charge >= 0.3 is 6.29 Å². The van der Waals surface area contributed by atoms with Crippen molar-refractivity contribution >= 4 is 5.69 Å². The smallest absolute Gasteiger partial charge is 0.496 e. The number of anilines is 1. The van der Waals surface area contributed by atoms with Crippen LogP contribution in [0, 0.1) is 0 Å². The van der Waals surface area contributed by atoms with Crippen LogP contribution in [0.4, 0.5) is 14.5 Å². The van der Waals surface area contributed by atoms with Crippen molar-refractivity contribution in [3.05, 3.63) is 48.4 Å². The highest BCUT2D eigenvalue weighted by atomic mass is 19.3. The lowest BCUT2D eigenvalue weighted by molar-refractivity contribution is -0.286. The molecule has 0 fully saturated rings. The number of fused-ring (bicyclic) bond motifs is 1. The van der Waals surface area contributed by atoms with E-state index in [-0.39, 0.29) is 18.0 Å². The minimum absolute atomic E-state index is 0.0169. The second-order valence-corrected chi connectivity index (χ2v) is 5.39. The number of halogens is 2. The molecule has 1 aliphatic heterocycles. The zero-order valence-electron chi connectivity index (χ0n) is 13.5. The number of para-hydroxylation sites is 1. The van der Waals surface area contributed by atoms with Crippen LogP contribution in [0.3, 0.4) is 0 Å². The van der Waals surface area contributed by atoms with Crippen molar-refractivity contribution in [1.82, 2.24) is 10.1 Å². The Morgan fingerprint density at radius 3 is 2.77 bits per heavy atom. The van der Waals surface area contributed by atoms with Gasteiger partial charge in [-0.05, 0) is 24.3 Å². The molecule has 2 aromatic carbocycles. The highest BCUT2D eigenvalue weighted by Gasteiger charge is 2.43. The van der Waals surface area contributed by atoms with Crippen molar-refractivity contribution in [2.75, 3.05) is 12.4 Å². The molecule has 0 aliphatic carbocycles. The van der Waals surface area contributed by atoms with Crippen molar-refractivity contribution in [2.45, 2.75) is 12.8 Å². The van der Waals surface area contributed by atoms with Crippen molar-refractivity contribution < 1.29 is 27.5 Å². The summed E-state index contributed by atoms with van der Waals surface area (Å²) in [5.74, 6) is 1.29. The standard InChI is InChI=1S/C17H13F2N3O4/c1-23-12-5-3-2-4-11(12)16-21-15(26-22-16)9-20-10-6-7-13-14(8-10)25-17(18,19)24-13/h2-8,20H,9H2,1H3. The molecule has 0 unspecified atom stereocenters. The minimum Gasteiger partial charge on any atom is -0.496 e. The van der Waals surface area contributed by atoms with Crippen molar-refractivity contribution in [2.24, 2.45) is 0 Å². The fourth-order valence-corrected chi connectivity index (χ4v) is 2.50. The zero-order chi connectivity index (χ0) is 18.1. The van der Waals surface area contributed by atoms with Crippen LogP contribution < -0.4 is 19.5 Å². The van der Waals surface area contributed by atoms with Gasteiger partial charge in [-0.3, -0.25) is 0 Å². The summed E-state index contributed by atoms with van der Waals surface area (Å²) in [6.45, 7) is 0.207. The lowest BCUT2D eigenvalue weighted by Gasteiger charge is -2.05. The average Bonchev–Trinajstić information content (AvgIpc) is 3.22. The van der Waals surface area contributed by atoms with Gasteiger partial charge in [0, 0.05) is 11.8 Å². The van der Waals surface area contributed by atoms with Gasteiger partial charge in [0.25, 0.3) is 0 Å². The second-order valence-electron chi connectivity index (χ2n) is 5.39. The van der Waals surface area contributed by atoms with Crippen LogP contribution in [0.1, 0.15) is 5.89 Å². The van der Waals surface area contributed by atoms with E-state index >= 15 is 0 Å². The number of aromatic nitrogens is 2. The van der Waals surface area contributed by atoms with Crippen LogP contribution in [0.5, 0.6) is 17.2 Å². The van der Waals surface area contributed by atoms with E-state index < -0.39 is 6.29 Å². The predicted molar refractivity (Wildman–Crippen MR) is 86.3 cm³/mol. The minimum atomic E-state index is -3.64. The Balaban J connectivity index is 1.46. The number of hydrogen-bond donors (Lipinski definition) is 1. The summed E-state index contributed by atoms with van der Waals surface area (Å²) in [5.41, 5.74) is 1.25. The Bertz CT molecular complexity index is 945. The van der Waals surface area contributed by atoms with E-state index in [1.165, 1.54) is 12.1 Å². The van der Waals surface area contributed by atoms with E-state index in [9.17, 15) is 8.78 Å². The lowest BCUT2D eigenvalue weighted by atomic mass is 10.2. The molecule has 0 amide bonds. The molecule has 134 valence electrons. The molecule has 0 spiro atoms. The van der Waals surface area contributed by atoms with Crippen LogP contribution in [0.15, 0.2) is 47.0 Å². The van der Waals surface area contributed by atoms with Gasteiger partial charge in [0.2, 0.25) is 11.7 Å². The van der Waals surface area contributed by atoms with Crippen LogP contribution in [0.25, 0.3) is 11.4 Å². The summed E-state index contributed by atoms with van der Waals surface area (Å²) >= 11 is 0. The molecule has 4 rings (SSSR count). The molecular formula is C17H13F2N3O4. The molecule has 2 heterocycles. The number of hydrogen-bond acceptors (Lipinski definition) is 7. The largest absolute Gasteiger partial charge is 0.586 e. The fourth-order valence-electron chi connectivity index (χ4n) is 2.50. The lowest BCUT2D eigenvalue weighted by Crippen LogP contribution is -2.25. The third-order valence-corrected chi connectivity index (χ3v) is 3.66. The Kier molecular flexibility index (Phi) is 3.83. The monoisotopic (exact) mass is 361 g/mol. The average molecular weight is 361 g/mol. The van der Waals surface area contributed by atoms with Crippen LogP contribution >= 0.6 is 0 Å². The van der Waals surface area contributed by atoms with Gasteiger partial charge in [0.1, 0.15) is 5.75 Å². The van der Waals surface area contributed by atoms with Gasteiger partial charge in [0.15, 0.2) is 11.5 Å². The molecule has 0 saturated heterocycles. The Morgan fingerprint density at radius 2 is 1.92 bits per heavy atom. The maximum atomic E-state index is 13.0. The Morgan fingerprint density at radius 1 is 1.12 bits per heavy atom. The summed E-state index contributed by atoms with van der Waals surface area (Å²) in [4.78, 5) is 4.30. The molecule has 7 nitrogen and oxygen atoms in total. The van der Waals surface area contributed by atoms with Gasteiger partial charge in [-0.25, -0.2) is 0 Å². The van der Waals surface area contributed by atoms with E-state index in [1.54, 1.807) is 19.2 Å². The molecule has 0 atom stereocenters. The second kappa shape index (κ2) is 6.17. The molecule has 0 bridgehead atoms. The third-order valence-electron chi connectivity index (χ3n) is 3.66. The SMILES string of the molecule is COc1ccccc1-c1noc(CNc2ccc3c(c2)OC(F)(F)O3)n1. The summed E-state index contributed by atoms with van der Waals surface area (Å²) < 4.78 is 45.3. The molecule has 1 aromatic heterocycles. The van der Waals surface area contributed by atoms with E-state index in [2.05, 4.69) is 24.9 Å². The summed E-state index contributed by atoms with van der Waals surface area (Å²) in [7, 11) is 1.56. The van der Waals surface area contributed by atoms with Gasteiger partial charge in [-0.1, -0.05) is 17.3 Å². The first-order valence-electron chi connectivity index (χ1n) is 7.64. The predicted octanol–water partition coefficient (Wildman–Crippen LogP) is 3.68. The Hall–Kier alpha value is -3.36. The molecule has 1 N–H and O–H groups in total. The molecule has 1 aliphatic rings. The first kappa shape index (κ1) is 16.1. The highest BCUT2D eigenvalue weighted by molar-refractivity contribution is 5.63. The number of nitrogens with zero attached hydrogens (tertiary/aromatic N) is 2. The quantitative estimate of drug-likeness (QED) is 0.743. The molecular weight excluding hydrogens is 348 g/mol. The molecule has 0 saturated carbocycles. The van der Waals surface area contributed by atoms with E-state index in [1.807, 2.05) is 18.2 Å². The number of methoxy groups -OCH3 is 1. The summed E-state index contributed by atoms with van der Waals surface area (Å²) in [6, 6.07) is 11.7. The Labute approximate surface area is 146 Å². The highest BCUT2D eigenvalue weighted by Crippen LogP contribution is 2.42. The third kappa shape index (κ3) is 3.10. The fraction of sp³-hybridized carbons (Fsp3) is 0.176. The molecule has 0 radical (unpaired) electrons. The summed E-state index contributed by atoms with van der Waals surface area (Å²) in [5, 5.41) is 6.94. The number of alkyl halides is 2. The van der Waals surface area contributed by atoms with E-state index in [4.69, 9.17) is 9.26 Å². The van der Waals surface area contributed by atoms with Crippen LogP contribution in [-0.4, -0.2) is 23.5 Å². The van der Waals surface area contributed by atoms with Crippen molar-refractivity contribution in [3.63, 3.8) is 0 Å². The van der Waals surface area contributed by atoms with Gasteiger partial charge in [-0.2, -0.15) is 4.98 Å². The number of ether oxygens (including phenoxy) is 3. The first-order chi connectivity index (χ1) is 12.5. The van der Waals surface area contributed by atoms with Crippen molar-refractivity contribution in [3.8, 4) is 28.6 Å². The van der Waals surface area contributed by atoms with Gasteiger partial charge in [0.05, 0.1) is 19.2 Å². The van der Waals surface area contributed by atoms with Gasteiger partial charge < -0.3 is 24.1 Å². The molecule has 26 heavy (non-hydrogen) atoms. The topological polar surface area (TPSA) is 78.6 Å². The van der Waals surface area contributed by atoms with Crippen molar-refractivity contribution in [1.29, 1.82) is 0 Å².